The topological polar surface area (TPSA) is 92.6 Å². The normalized spacial score (nSPS) is 10.8. The van der Waals surface area contributed by atoms with E-state index in [-0.39, 0.29) is 16.8 Å². The van der Waals surface area contributed by atoms with E-state index in [4.69, 9.17) is 21.4 Å². The summed E-state index contributed by atoms with van der Waals surface area (Å²) in [7, 11) is 1.51. The summed E-state index contributed by atoms with van der Waals surface area (Å²) in [4.78, 5) is 25.7. The Morgan fingerprint density at radius 2 is 1.54 bits per heavy atom. The molecule has 0 saturated heterocycles. The van der Waals surface area contributed by atoms with Crippen molar-refractivity contribution in [2.24, 2.45) is 0 Å². The maximum atomic E-state index is 13.1. The maximum absolute atomic E-state index is 13.1. The van der Waals surface area contributed by atoms with E-state index in [0.717, 1.165) is 16.2 Å². The molecule has 0 radical (unpaired) electrons. The SMILES string of the molecule is COc1c(C(=O)NC(=S)Nc2cccc(NC(=O)c3cc4ccccc4o3)c2)cc2ccccc2c1Br. The Kier molecular flexibility index (Phi) is 6.89. The molecule has 0 aliphatic heterocycles. The van der Waals surface area contributed by atoms with Gasteiger partial charge in [0.2, 0.25) is 0 Å². The standard InChI is InChI=1S/C28H20BrN3O4S/c1-35-25-21(13-16-7-2-4-11-20(16)24(25)29)26(33)32-28(37)31-19-10-6-9-18(15-19)30-27(34)23-14-17-8-3-5-12-22(17)36-23/h2-15H,1H3,(H,30,34)(H2,31,32,33,37). The van der Waals surface area contributed by atoms with E-state index < -0.39 is 5.91 Å². The first-order chi connectivity index (χ1) is 17.9. The van der Waals surface area contributed by atoms with E-state index in [2.05, 4.69) is 31.9 Å². The Hall–Kier alpha value is -4.21. The number of thiocarbonyl (C=S) groups is 1. The van der Waals surface area contributed by atoms with Crippen LogP contribution in [-0.4, -0.2) is 24.0 Å². The number of para-hydroxylation sites is 1. The third-order valence-corrected chi connectivity index (χ3v) is 6.64. The molecule has 0 aliphatic carbocycles. The van der Waals surface area contributed by atoms with Crippen molar-refractivity contribution in [2.75, 3.05) is 17.7 Å². The van der Waals surface area contributed by atoms with Gasteiger partial charge in [-0.3, -0.25) is 14.9 Å². The Bertz CT molecular complexity index is 1650. The average molecular weight is 574 g/mol. The van der Waals surface area contributed by atoms with Crippen molar-refractivity contribution in [3.05, 3.63) is 101 Å². The highest BCUT2D eigenvalue weighted by atomic mass is 79.9. The number of carbonyl (C=O) groups excluding carboxylic acids is 2. The van der Waals surface area contributed by atoms with Gasteiger partial charge in [0.25, 0.3) is 11.8 Å². The average Bonchev–Trinajstić information content (AvgIpc) is 3.33. The van der Waals surface area contributed by atoms with Crippen molar-refractivity contribution in [2.45, 2.75) is 0 Å². The summed E-state index contributed by atoms with van der Waals surface area (Å²) in [5.41, 5.74) is 2.09. The number of halogens is 1. The number of nitrogens with one attached hydrogen (secondary N) is 3. The molecule has 7 nitrogen and oxygen atoms in total. The van der Waals surface area contributed by atoms with E-state index in [1.54, 1.807) is 42.5 Å². The van der Waals surface area contributed by atoms with Gasteiger partial charge in [-0.05, 0) is 75.3 Å². The summed E-state index contributed by atoms with van der Waals surface area (Å²) in [5, 5.41) is 11.2. The van der Waals surface area contributed by atoms with Crippen LogP contribution in [0.5, 0.6) is 5.75 Å². The number of furan rings is 1. The lowest BCUT2D eigenvalue weighted by molar-refractivity contribution is 0.0972. The number of amides is 2. The fourth-order valence-corrected chi connectivity index (χ4v) is 4.89. The summed E-state index contributed by atoms with van der Waals surface area (Å²) in [6, 6.07) is 25.5. The second kappa shape index (κ2) is 10.4. The fraction of sp³-hybridized carbons (Fsp3) is 0.0357. The smallest absolute Gasteiger partial charge is 0.291 e. The number of hydrogen-bond acceptors (Lipinski definition) is 5. The third kappa shape index (κ3) is 5.18. The molecule has 0 spiro atoms. The van der Waals surface area contributed by atoms with Crippen LogP contribution in [0.25, 0.3) is 21.7 Å². The highest BCUT2D eigenvalue weighted by Gasteiger charge is 2.19. The molecule has 184 valence electrons. The van der Waals surface area contributed by atoms with Gasteiger partial charge in [0.05, 0.1) is 17.1 Å². The molecular weight excluding hydrogens is 554 g/mol. The number of fused-ring (bicyclic) bond motifs is 2. The van der Waals surface area contributed by atoms with Crippen LogP contribution in [0.3, 0.4) is 0 Å². The predicted molar refractivity (Wildman–Crippen MR) is 152 cm³/mol. The van der Waals surface area contributed by atoms with Crippen molar-refractivity contribution < 1.29 is 18.7 Å². The number of hydrogen-bond donors (Lipinski definition) is 3. The highest BCUT2D eigenvalue weighted by Crippen LogP contribution is 2.36. The largest absolute Gasteiger partial charge is 0.495 e. The Labute approximate surface area is 225 Å². The van der Waals surface area contributed by atoms with E-state index in [1.807, 2.05) is 42.5 Å². The van der Waals surface area contributed by atoms with Gasteiger partial charge in [-0.1, -0.05) is 48.5 Å². The molecule has 5 rings (SSSR count). The summed E-state index contributed by atoms with van der Waals surface area (Å²) in [6.45, 7) is 0. The summed E-state index contributed by atoms with van der Waals surface area (Å²) in [5.74, 6) is -0.180. The summed E-state index contributed by atoms with van der Waals surface area (Å²) in [6.07, 6.45) is 0. The molecule has 2 amide bonds. The van der Waals surface area contributed by atoms with Crippen LogP contribution in [0.4, 0.5) is 11.4 Å². The minimum Gasteiger partial charge on any atom is -0.495 e. The molecule has 0 bridgehead atoms. The summed E-state index contributed by atoms with van der Waals surface area (Å²) >= 11 is 8.91. The first-order valence-electron chi connectivity index (χ1n) is 11.2. The van der Waals surface area contributed by atoms with Gasteiger partial charge in [-0.2, -0.15) is 0 Å². The molecule has 0 unspecified atom stereocenters. The van der Waals surface area contributed by atoms with E-state index in [0.29, 0.717) is 32.7 Å². The van der Waals surface area contributed by atoms with Crippen LogP contribution in [0, 0.1) is 0 Å². The monoisotopic (exact) mass is 573 g/mol. The van der Waals surface area contributed by atoms with E-state index >= 15 is 0 Å². The van der Waals surface area contributed by atoms with Gasteiger partial charge in [-0.25, -0.2) is 0 Å². The number of rotatable bonds is 5. The number of anilines is 2. The Balaban J connectivity index is 1.28. The predicted octanol–water partition coefficient (Wildman–Crippen LogP) is 6.74. The molecular formula is C28H20BrN3O4S. The molecule has 0 fully saturated rings. The molecule has 1 aromatic heterocycles. The molecule has 37 heavy (non-hydrogen) atoms. The molecule has 4 aromatic carbocycles. The minimum atomic E-state index is -0.421. The number of carbonyl (C=O) groups is 2. The zero-order valence-electron chi connectivity index (χ0n) is 19.5. The molecule has 0 saturated carbocycles. The maximum Gasteiger partial charge on any atom is 0.291 e. The van der Waals surface area contributed by atoms with Crippen molar-refractivity contribution >= 4 is 78.2 Å². The lowest BCUT2D eigenvalue weighted by Gasteiger charge is -2.15. The Morgan fingerprint density at radius 3 is 2.30 bits per heavy atom. The second-order valence-corrected chi connectivity index (χ2v) is 9.29. The van der Waals surface area contributed by atoms with E-state index in [1.165, 1.54) is 7.11 Å². The van der Waals surface area contributed by atoms with Crippen molar-refractivity contribution in [1.29, 1.82) is 0 Å². The van der Waals surface area contributed by atoms with Crippen LogP contribution >= 0.6 is 28.1 Å². The fourth-order valence-electron chi connectivity index (χ4n) is 3.95. The van der Waals surface area contributed by atoms with Crippen LogP contribution in [0.2, 0.25) is 0 Å². The van der Waals surface area contributed by atoms with Crippen LogP contribution in [0.15, 0.2) is 93.8 Å². The molecule has 1 heterocycles. The zero-order valence-corrected chi connectivity index (χ0v) is 21.9. The van der Waals surface area contributed by atoms with Crippen LogP contribution in [-0.2, 0) is 0 Å². The van der Waals surface area contributed by atoms with Crippen molar-refractivity contribution in [3.63, 3.8) is 0 Å². The van der Waals surface area contributed by atoms with Crippen LogP contribution in [0.1, 0.15) is 20.9 Å². The minimum absolute atomic E-state index is 0.0945. The van der Waals surface area contributed by atoms with Gasteiger partial charge >= 0.3 is 0 Å². The Morgan fingerprint density at radius 1 is 0.838 bits per heavy atom. The first-order valence-corrected chi connectivity index (χ1v) is 12.4. The molecule has 3 N–H and O–H groups in total. The van der Waals surface area contributed by atoms with E-state index in [9.17, 15) is 9.59 Å². The van der Waals surface area contributed by atoms with Gasteiger partial charge in [0.1, 0.15) is 11.3 Å². The molecule has 9 heteroatoms. The van der Waals surface area contributed by atoms with Gasteiger partial charge in [-0.15, -0.1) is 0 Å². The van der Waals surface area contributed by atoms with Gasteiger partial charge in [0, 0.05) is 16.8 Å². The lowest BCUT2D eigenvalue weighted by atomic mass is 10.1. The van der Waals surface area contributed by atoms with Crippen LogP contribution < -0.4 is 20.7 Å². The molecule has 0 atom stereocenters. The van der Waals surface area contributed by atoms with Crippen molar-refractivity contribution in [3.8, 4) is 5.75 Å². The lowest BCUT2D eigenvalue weighted by Crippen LogP contribution is -2.34. The third-order valence-electron chi connectivity index (χ3n) is 5.64. The highest BCUT2D eigenvalue weighted by molar-refractivity contribution is 9.10. The summed E-state index contributed by atoms with van der Waals surface area (Å²) < 4.78 is 11.8. The molecule has 0 aliphatic rings. The number of benzene rings is 4. The zero-order chi connectivity index (χ0) is 25.9. The first kappa shape index (κ1) is 24.5. The second-order valence-electron chi connectivity index (χ2n) is 8.08. The van der Waals surface area contributed by atoms with Gasteiger partial charge < -0.3 is 19.8 Å². The van der Waals surface area contributed by atoms with Gasteiger partial charge in [0.15, 0.2) is 10.9 Å². The number of methoxy groups -OCH3 is 1. The van der Waals surface area contributed by atoms with Crippen molar-refractivity contribution in [1.82, 2.24) is 5.32 Å². The number of ether oxygens (including phenoxy) is 1. The quantitative estimate of drug-likeness (QED) is 0.202. The molecule has 5 aromatic rings.